The van der Waals surface area contributed by atoms with E-state index in [-0.39, 0.29) is 5.91 Å². The molecule has 31 heavy (non-hydrogen) atoms. The third kappa shape index (κ3) is 3.19. The summed E-state index contributed by atoms with van der Waals surface area (Å²) in [6.07, 6.45) is 0. The number of hydrogen-bond donors (Lipinski definition) is 0. The zero-order valence-corrected chi connectivity index (χ0v) is 17.7. The molecule has 1 aliphatic heterocycles. The van der Waals surface area contributed by atoms with Crippen LogP contribution in [0.2, 0.25) is 0 Å². The van der Waals surface area contributed by atoms with Crippen LogP contribution in [0, 0.1) is 25.2 Å². The number of aryl methyl sites for hydroxylation is 2. The Morgan fingerprint density at radius 1 is 1.00 bits per heavy atom. The van der Waals surface area contributed by atoms with Crippen LogP contribution in [0.25, 0.3) is 16.7 Å². The van der Waals surface area contributed by atoms with Crippen molar-refractivity contribution in [2.24, 2.45) is 0 Å². The molecule has 2 aromatic carbocycles. The zero-order valence-electron chi connectivity index (χ0n) is 17.7. The molecule has 6 nitrogen and oxygen atoms in total. The van der Waals surface area contributed by atoms with Gasteiger partial charge in [-0.2, -0.15) is 5.26 Å². The van der Waals surface area contributed by atoms with Crippen LogP contribution in [0.5, 0.6) is 0 Å². The number of fused-ring (bicyclic) bond motifs is 3. The molecule has 0 unspecified atom stereocenters. The van der Waals surface area contributed by atoms with Gasteiger partial charge in [0.05, 0.1) is 16.6 Å². The van der Waals surface area contributed by atoms with E-state index in [0.29, 0.717) is 24.3 Å². The molecule has 0 radical (unpaired) electrons. The van der Waals surface area contributed by atoms with Crippen molar-refractivity contribution < 1.29 is 4.79 Å². The zero-order chi connectivity index (χ0) is 21.5. The smallest absolute Gasteiger partial charge is 0.253 e. The Kier molecular flexibility index (Phi) is 4.59. The number of aromatic nitrogens is 2. The molecule has 0 saturated carbocycles. The molecular weight excluding hydrogens is 386 g/mol. The van der Waals surface area contributed by atoms with Gasteiger partial charge < -0.3 is 9.80 Å². The van der Waals surface area contributed by atoms with Gasteiger partial charge in [0.2, 0.25) is 0 Å². The van der Waals surface area contributed by atoms with Gasteiger partial charge in [-0.3, -0.25) is 9.20 Å². The fraction of sp³-hybridized carbons (Fsp3) is 0.240. The molecule has 1 saturated heterocycles. The first-order chi connectivity index (χ1) is 15.1. The third-order valence-corrected chi connectivity index (χ3v) is 6.05. The lowest BCUT2D eigenvalue weighted by Gasteiger charge is -2.36. The van der Waals surface area contributed by atoms with E-state index in [2.05, 4.69) is 21.4 Å². The van der Waals surface area contributed by atoms with E-state index in [1.54, 1.807) is 0 Å². The summed E-state index contributed by atoms with van der Waals surface area (Å²) in [7, 11) is 0. The number of benzene rings is 2. The highest BCUT2D eigenvalue weighted by atomic mass is 16.2. The maximum Gasteiger partial charge on any atom is 0.253 e. The molecule has 1 amide bonds. The molecule has 0 aliphatic carbocycles. The highest BCUT2D eigenvalue weighted by molar-refractivity contribution is 5.94. The fourth-order valence-electron chi connectivity index (χ4n) is 4.32. The molecule has 0 spiro atoms. The van der Waals surface area contributed by atoms with Crippen LogP contribution in [-0.4, -0.2) is 46.4 Å². The number of imidazole rings is 1. The second-order valence-corrected chi connectivity index (χ2v) is 8.08. The van der Waals surface area contributed by atoms with Gasteiger partial charge in [0, 0.05) is 31.7 Å². The Hall–Kier alpha value is -3.85. The quantitative estimate of drug-likeness (QED) is 0.503. The molecule has 0 N–H and O–H groups in total. The molecule has 0 atom stereocenters. The SMILES string of the molecule is Cc1ccc(C(=O)N2CCN(c3cc(C)c(C#N)c4nc5ccccc5n34)CC2)cc1. The van der Waals surface area contributed by atoms with Crippen molar-refractivity contribution in [2.75, 3.05) is 31.1 Å². The number of nitriles is 1. The summed E-state index contributed by atoms with van der Waals surface area (Å²) in [6.45, 7) is 6.74. The van der Waals surface area contributed by atoms with E-state index in [4.69, 9.17) is 4.98 Å². The van der Waals surface area contributed by atoms with Gasteiger partial charge in [-0.25, -0.2) is 4.98 Å². The Morgan fingerprint density at radius 2 is 1.71 bits per heavy atom. The van der Waals surface area contributed by atoms with Crippen LogP contribution in [0.4, 0.5) is 5.82 Å². The normalized spacial score (nSPS) is 14.2. The van der Waals surface area contributed by atoms with Gasteiger partial charge in [0.25, 0.3) is 5.91 Å². The van der Waals surface area contributed by atoms with Gasteiger partial charge >= 0.3 is 0 Å². The van der Waals surface area contributed by atoms with E-state index in [9.17, 15) is 10.1 Å². The minimum atomic E-state index is 0.0777. The number of hydrogen-bond acceptors (Lipinski definition) is 4. The molecule has 5 rings (SSSR count). The Bertz CT molecular complexity index is 1340. The lowest BCUT2D eigenvalue weighted by atomic mass is 10.1. The van der Waals surface area contributed by atoms with Gasteiger partial charge in [-0.1, -0.05) is 29.8 Å². The fourth-order valence-corrected chi connectivity index (χ4v) is 4.32. The molecule has 4 aromatic rings. The van der Waals surface area contributed by atoms with Gasteiger partial charge in [0.15, 0.2) is 5.65 Å². The first-order valence-electron chi connectivity index (χ1n) is 10.5. The van der Waals surface area contributed by atoms with Crippen molar-refractivity contribution in [2.45, 2.75) is 13.8 Å². The van der Waals surface area contributed by atoms with Crippen molar-refractivity contribution in [1.82, 2.24) is 14.3 Å². The molecule has 2 aromatic heterocycles. The number of pyridine rings is 1. The van der Waals surface area contributed by atoms with Crippen molar-refractivity contribution >= 4 is 28.4 Å². The second kappa shape index (κ2) is 7.44. The van der Waals surface area contributed by atoms with Crippen LogP contribution >= 0.6 is 0 Å². The highest BCUT2D eigenvalue weighted by Gasteiger charge is 2.25. The Labute approximate surface area is 180 Å². The summed E-state index contributed by atoms with van der Waals surface area (Å²) < 4.78 is 2.08. The first-order valence-corrected chi connectivity index (χ1v) is 10.5. The van der Waals surface area contributed by atoms with Crippen LogP contribution in [0.3, 0.4) is 0 Å². The summed E-state index contributed by atoms with van der Waals surface area (Å²) in [5.74, 6) is 1.09. The maximum absolute atomic E-state index is 12.9. The summed E-state index contributed by atoms with van der Waals surface area (Å²) in [5, 5.41) is 9.70. The van der Waals surface area contributed by atoms with E-state index >= 15 is 0 Å². The molecule has 154 valence electrons. The third-order valence-electron chi connectivity index (χ3n) is 6.05. The van der Waals surface area contributed by atoms with Gasteiger partial charge in [0.1, 0.15) is 11.9 Å². The summed E-state index contributed by atoms with van der Waals surface area (Å²) >= 11 is 0. The predicted octanol–water partition coefficient (Wildman–Crippen LogP) is 3.94. The van der Waals surface area contributed by atoms with Crippen molar-refractivity contribution in [3.63, 3.8) is 0 Å². The summed E-state index contributed by atoms with van der Waals surface area (Å²) in [4.78, 5) is 21.8. The summed E-state index contributed by atoms with van der Waals surface area (Å²) in [5.41, 5.74) is 5.95. The first kappa shape index (κ1) is 19.1. The minimum Gasteiger partial charge on any atom is -0.354 e. The van der Waals surface area contributed by atoms with E-state index < -0.39 is 0 Å². The lowest BCUT2D eigenvalue weighted by molar-refractivity contribution is 0.0746. The second-order valence-electron chi connectivity index (χ2n) is 8.08. The number of rotatable bonds is 2. The Morgan fingerprint density at radius 3 is 2.42 bits per heavy atom. The van der Waals surface area contributed by atoms with Crippen LogP contribution in [0.1, 0.15) is 27.0 Å². The average molecular weight is 409 g/mol. The number of piperazine rings is 1. The molecule has 0 bridgehead atoms. The van der Waals surface area contributed by atoms with Gasteiger partial charge in [-0.05, 0) is 49.7 Å². The van der Waals surface area contributed by atoms with Crippen molar-refractivity contribution in [3.05, 3.63) is 76.9 Å². The molecular formula is C25H23N5O. The van der Waals surface area contributed by atoms with E-state index in [0.717, 1.165) is 46.6 Å². The minimum absolute atomic E-state index is 0.0777. The molecule has 1 fully saturated rings. The highest BCUT2D eigenvalue weighted by Crippen LogP contribution is 2.29. The topological polar surface area (TPSA) is 64.6 Å². The molecule has 6 heteroatoms. The largest absolute Gasteiger partial charge is 0.354 e. The Balaban J connectivity index is 1.48. The van der Waals surface area contributed by atoms with Crippen molar-refractivity contribution in [3.8, 4) is 6.07 Å². The standard InChI is InChI=1S/C25H23N5O/c1-17-7-9-19(10-8-17)25(31)29-13-11-28(12-14-29)23-15-18(2)20(16-26)24-27-21-5-3-4-6-22(21)30(23)24/h3-10,15H,11-14H2,1-2H3. The molecule has 1 aliphatic rings. The number of anilines is 1. The summed E-state index contributed by atoms with van der Waals surface area (Å²) in [6, 6.07) is 20.1. The number of amides is 1. The van der Waals surface area contributed by atoms with E-state index in [1.807, 2.05) is 67.3 Å². The van der Waals surface area contributed by atoms with Gasteiger partial charge in [-0.15, -0.1) is 0 Å². The number of nitrogens with zero attached hydrogens (tertiary/aromatic N) is 5. The predicted molar refractivity (Wildman–Crippen MR) is 121 cm³/mol. The lowest BCUT2D eigenvalue weighted by Crippen LogP contribution is -2.49. The number of para-hydroxylation sites is 2. The number of carbonyl (C=O) groups is 1. The van der Waals surface area contributed by atoms with Crippen molar-refractivity contribution in [1.29, 1.82) is 5.26 Å². The number of carbonyl (C=O) groups excluding carboxylic acids is 1. The van der Waals surface area contributed by atoms with Crippen LogP contribution in [-0.2, 0) is 0 Å². The molecule has 3 heterocycles. The maximum atomic E-state index is 12.9. The van der Waals surface area contributed by atoms with E-state index in [1.165, 1.54) is 0 Å². The van der Waals surface area contributed by atoms with Crippen LogP contribution < -0.4 is 4.90 Å². The average Bonchev–Trinajstić information content (AvgIpc) is 3.18. The monoisotopic (exact) mass is 409 g/mol. The van der Waals surface area contributed by atoms with Crippen LogP contribution in [0.15, 0.2) is 54.6 Å².